The smallest absolute Gasteiger partial charge is 0.327 e. The third-order valence-electron chi connectivity index (χ3n) is 5.75. The van der Waals surface area contributed by atoms with Gasteiger partial charge in [-0.25, -0.2) is 13.2 Å². The minimum atomic E-state index is -4.09. The highest BCUT2D eigenvalue weighted by Gasteiger charge is 2.42. The number of hydrogen-bond donors (Lipinski definition) is 2. The van der Waals surface area contributed by atoms with Crippen LogP contribution in [-0.2, 0) is 26.2 Å². The van der Waals surface area contributed by atoms with Crippen molar-refractivity contribution >= 4 is 60.8 Å². The number of carboxylic acid groups (broad SMARTS) is 1. The quantitative estimate of drug-likeness (QED) is 0.370. The van der Waals surface area contributed by atoms with Gasteiger partial charge in [-0.1, -0.05) is 41.9 Å². The van der Waals surface area contributed by atoms with Crippen molar-refractivity contribution in [3.63, 3.8) is 0 Å². The van der Waals surface area contributed by atoms with Crippen molar-refractivity contribution in [1.29, 1.82) is 5.41 Å². The third-order valence-corrected chi connectivity index (χ3v) is 9.34. The number of sulfonamides is 1. The minimum Gasteiger partial charge on any atom is -0.480 e. The Morgan fingerprint density at radius 2 is 1.89 bits per heavy atom. The molecule has 2 N–H and O–H groups in total. The number of carbonyl (C=O) groups excluding carboxylic acids is 1. The van der Waals surface area contributed by atoms with Crippen LogP contribution in [0.5, 0.6) is 0 Å². The van der Waals surface area contributed by atoms with Crippen LogP contribution in [0.3, 0.4) is 0 Å². The molecule has 0 radical (unpaired) electrons. The number of rotatable bonds is 6. The third kappa shape index (κ3) is 5.03. The molecule has 2 heterocycles. The summed E-state index contributed by atoms with van der Waals surface area (Å²) in [4.78, 5) is 27.9. The molecule has 1 atom stereocenters. The van der Waals surface area contributed by atoms with Crippen molar-refractivity contribution in [3.05, 3.63) is 64.7 Å². The molecule has 1 saturated heterocycles. The maximum atomic E-state index is 13.3. The number of benzene rings is 2. The fourth-order valence-corrected chi connectivity index (χ4v) is 7.05. The Morgan fingerprint density at radius 3 is 2.51 bits per heavy atom. The number of halogens is 1. The largest absolute Gasteiger partial charge is 0.480 e. The molecule has 3 aromatic rings. The molecule has 0 aliphatic carbocycles. The normalized spacial score (nSPS) is 17.1. The zero-order chi connectivity index (χ0) is 25.5. The van der Waals surface area contributed by atoms with Gasteiger partial charge in [-0.05, 0) is 29.1 Å². The number of hydrogen-bond acceptors (Lipinski definition) is 6. The molecule has 0 spiro atoms. The zero-order valence-corrected chi connectivity index (χ0v) is 21.3. The van der Waals surface area contributed by atoms with Crippen molar-refractivity contribution in [2.75, 3.05) is 27.2 Å². The van der Waals surface area contributed by atoms with E-state index in [-0.39, 0.29) is 17.3 Å². The van der Waals surface area contributed by atoms with Gasteiger partial charge in [0.2, 0.25) is 5.91 Å². The van der Waals surface area contributed by atoms with Crippen LogP contribution in [0, 0.1) is 5.41 Å². The van der Waals surface area contributed by atoms with E-state index in [0.29, 0.717) is 32.1 Å². The maximum absolute atomic E-state index is 13.3. The van der Waals surface area contributed by atoms with Crippen LogP contribution < -0.4 is 0 Å². The number of nitrogens with zero attached hydrogens (tertiary/aromatic N) is 3. The van der Waals surface area contributed by atoms with Gasteiger partial charge in [0.1, 0.15) is 16.1 Å². The molecule has 0 bridgehead atoms. The van der Waals surface area contributed by atoms with E-state index in [0.717, 1.165) is 15.6 Å². The molecule has 0 saturated carbocycles. The Balaban J connectivity index is 1.56. The summed E-state index contributed by atoms with van der Waals surface area (Å²) >= 11 is 7.03. The Morgan fingerprint density at radius 1 is 1.20 bits per heavy atom. The molecular weight excluding hydrogens is 512 g/mol. The maximum Gasteiger partial charge on any atom is 0.327 e. The first-order valence-electron chi connectivity index (χ1n) is 10.5. The molecule has 1 amide bonds. The summed E-state index contributed by atoms with van der Waals surface area (Å²) in [5, 5.41) is 19.0. The molecule has 12 heteroatoms. The number of aliphatic carboxylic acids is 1. The number of amidine groups is 1. The molecular formula is C23H23ClN4O5S2. The predicted molar refractivity (Wildman–Crippen MR) is 135 cm³/mol. The first-order valence-corrected chi connectivity index (χ1v) is 13.2. The van der Waals surface area contributed by atoms with Crippen LogP contribution in [0.1, 0.15) is 11.1 Å². The molecule has 1 aliphatic heterocycles. The first kappa shape index (κ1) is 25.1. The zero-order valence-electron chi connectivity index (χ0n) is 18.9. The van der Waals surface area contributed by atoms with Gasteiger partial charge in [0.15, 0.2) is 0 Å². The van der Waals surface area contributed by atoms with Gasteiger partial charge in [0.05, 0.1) is 6.54 Å². The summed E-state index contributed by atoms with van der Waals surface area (Å²) in [6, 6.07) is 12.1. The van der Waals surface area contributed by atoms with E-state index in [1.165, 1.54) is 11.0 Å². The molecule has 0 unspecified atom stereocenters. The fourth-order valence-electron chi connectivity index (χ4n) is 3.82. The highest BCUT2D eigenvalue weighted by atomic mass is 35.5. The molecule has 4 rings (SSSR count). The highest BCUT2D eigenvalue weighted by molar-refractivity contribution is 7.91. The lowest BCUT2D eigenvalue weighted by Gasteiger charge is -2.38. The molecule has 2 aromatic carbocycles. The van der Waals surface area contributed by atoms with Crippen LogP contribution in [0.25, 0.3) is 10.1 Å². The Bertz CT molecular complexity index is 1420. The minimum absolute atomic E-state index is 0.0145. The lowest BCUT2D eigenvalue weighted by Crippen LogP contribution is -2.59. The van der Waals surface area contributed by atoms with Gasteiger partial charge in [-0.15, -0.1) is 11.3 Å². The predicted octanol–water partition coefficient (Wildman–Crippen LogP) is 2.93. The number of carbonyl (C=O) groups is 2. The molecule has 1 aromatic heterocycles. The van der Waals surface area contributed by atoms with Crippen LogP contribution in [0.15, 0.2) is 52.7 Å². The number of piperazine rings is 1. The lowest BCUT2D eigenvalue weighted by molar-refractivity contribution is -0.154. The van der Waals surface area contributed by atoms with Crippen LogP contribution in [-0.4, -0.2) is 78.6 Å². The fraction of sp³-hybridized carbons (Fsp3) is 0.261. The van der Waals surface area contributed by atoms with Gasteiger partial charge >= 0.3 is 5.97 Å². The molecule has 1 aliphatic rings. The second kappa shape index (κ2) is 9.57. The average molecular weight is 535 g/mol. The lowest BCUT2D eigenvalue weighted by atomic mass is 10.1. The van der Waals surface area contributed by atoms with E-state index < -0.39 is 34.5 Å². The van der Waals surface area contributed by atoms with Crippen molar-refractivity contribution in [2.24, 2.45) is 0 Å². The Hall–Kier alpha value is -2.99. The molecule has 9 nitrogen and oxygen atoms in total. The molecule has 1 fully saturated rings. The summed E-state index contributed by atoms with van der Waals surface area (Å²) in [6.07, 6.45) is 0. The number of carboxylic acids is 1. The second-order valence-corrected chi connectivity index (χ2v) is 12.0. The summed E-state index contributed by atoms with van der Waals surface area (Å²) in [6.45, 7) is -0.799. The number of amides is 1. The standard InChI is InChI=1S/C23H23ClN4O5S2/c1-26(2)22(25)15-5-3-14(4-6-15)11-28-18(23(30)31)12-27(13-20(28)29)35(32,33)21-9-16-7-8-17(24)10-19(16)34-21/h3-10,18,25H,11-13H2,1-2H3,(H,30,31)/t18-/m1/s1. The van der Waals surface area contributed by atoms with Gasteiger partial charge in [0.25, 0.3) is 10.0 Å². The van der Waals surface area contributed by atoms with Gasteiger partial charge in [-0.3, -0.25) is 10.2 Å². The summed E-state index contributed by atoms with van der Waals surface area (Å²) < 4.78 is 28.2. The van der Waals surface area contributed by atoms with Crippen molar-refractivity contribution in [3.8, 4) is 0 Å². The van der Waals surface area contributed by atoms with Crippen LogP contribution in [0.2, 0.25) is 5.02 Å². The SMILES string of the molecule is CN(C)C(=N)c1ccc(CN2C(=O)CN(S(=O)(=O)c3cc4ccc(Cl)cc4s3)C[C@@H]2C(=O)O)cc1. The number of nitrogens with one attached hydrogen (secondary N) is 1. The number of thiophene rings is 1. The van der Waals surface area contributed by atoms with Gasteiger partial charge < -0.3 is 14.9 Å². The van der Waals surface area contributed by atoms with E-state index >= 15 is 0 Å². The van der Waals surface area contributed by atoms with Crippen molar-refractivity contribution in [1.82, 2.24) is 14.1 Å². The van der Waals surface area contributed by atoms with Gasteiger partial charge in [0, 0.05) is 42.5 Å². The first-order chi connectivity index (χ1) is 16.5. The summed E-state index contributed by atoms with van der Waals surface area (Å²) in [7, 11) is -0.570. The summed E-state index contributed by atoms with van der Waals surface area (Å²) in [5.41, 5.74) is 1.36. The van der Waals surface area contributed by atoms with E-state index in [2.05, 4.69) is 0 Å². The number of fused-ring (bicyclic) bond motifs is 1. The van der Waals surface area contributed by atoms with Gasteiger partial charge in [-0.2, -0.15) is 4.31 Å². The Labute approximate surface area is 211 Å². The Kier molecular flexibility index (Phi) is 6.87. The van der Waals surface area contributed by atoms with Crippen LogP contribution >= 0.6 is 22.9 Å². The molecule has 35 heavy (non-hydrogen) atoms. The van der Waals surface area contributed by atoms with E-state index in [1.807, 2.05) is 0 Å². The summed E-state index contributed by atoms with van der Waals surface area (Å²) in [5.74, 6) is -1.56. The van der Waals surface area contributed by atoms with Crippen LogP contribution in [0.4, 0.5) is 0 Å². The highest BCUT2D eigenvalue weighted by Crippen LogP contribution is 2.33. The topological polar surface area (TPSA) is 122 Å². The van der Waals surface area contributed by atoms with E-state index in [1.54, 1.807) is 61.5 Å². The van der Waals surface area contributed by atoms with E-state index in [9.17, 15) is 23.1 Å². The molecule has 184 valence electrons. The van der Waals surface area contributed by atoms with Crippen molar-refractivity contribution < 1.29 is 23.1 Å². The monoisotopic (exact) mass is 534 g/mol. The van der Waals surface area contributed by atoms with Crippen molar-refractivity contribution in [2.45, 2.75) is 16.8 Å². The average Bonchev–Trinajstić information content (AvgIpc) is 3.24. The second-order valence-electron chi connectivity index (χ2n) is 8.36. The van der Waals surface area contributed by atoms with E-state index in [4.69, 9.17) is 17.0 Å².